The molecule has 4 rings (SSSR count). The third kappa shape index (κ3) is 3.44. The van der Waals surface area contributed by atoms with Crippen LogP contribution in [0.1, 0.15) is 47.4 Å². The Labute approximate surface area is 172 Å². The molecule has 0 bridgehead atoms. The number of carbonyl (C=O) groups excluding carboxylic acids is 3. The highest BCUT2D eigenvalue weighted by atomic mass is 35.5. The number of likely N-dealkylation sites (tertiary alicyclic amines) is 1. The van der Waals surface area contributed by atoms with Crippen molar-refractivity contribution < 1.29 is 14.4 Å². The van der Waals surface area contributed by atoms with E-state index in [2.05, 4.69) is 5.32 Å². The minimum Gasteiger partial charge on any atom is -0.341 e. The molecule has 2 saturated heterocycles. The van der Waals surface area contributed by atoms with Crippen LogP contribution < -0.4 is 5.32 Å². The van der Waals surface area contributed by atoms with Gasteiger partial charge < -0.3 is 10.2 Å². The van der Waals surface area contributed by atoms with Crippen molar-refractivity contribution in [3.05, 3.63) is 35.4 Å². The average Bonchev–Trinajstić information content (AvgIpc) is 3.13. The third-order valence-electron chi connectivity index (χ3n) is 6.32. The highest BCUT2D eigenvalue weighted by Gasteiger charge is 2.45. The average molecular weight is 406 g/mol. The fourth-order valence-corrected chi connectivity index (χ4v) is 4.78. The highest BCUT2D eigenvalue weighted by molar-refractivity contribution is 6.22. The number of hydrogen-bond acceptors (Lipinski definition) is 4. The van der Waals surface area contributed by atoms with E-state index in [4.69, 9.17) is 0 Å². The summed E-state index contributed by atoms with van der Waals surface area (Å²) < 4.78 is 0. The second-order valence-electron chi connectivity index (χ2n) is 8.30. The molecule has 0 aromatic heterocycles. The van der Waals surface area contributed by atoms with Crippen LogP contribution in [0, 0.1) is 17.8 Å². The van der Waals surface area contributed by atoms with E-state index in [0.29, 0.717) is 36.1 Å². The van der Waals surface area contributed by atoms with E-state index < -0.39 is 6.04 Å². The molecule has 0 aliphatic carbocycles. The van der Waals surface area contributed by atoms with Crippen molar-refractivity contribution in [2.45, 2.75) is 32.7 Å². The number of nitrogens with one attached hydrogen (secondary N) is 1. The molecule has 3 atom stereocenters. The first-order valence-electron chi connectivity index (χ1n) is 9.95. The molecule has 3 aliphatic heterocycles. The van der Waals surface area contributed by atoms with E-state index in [9.17, 15) is 14.4 Å². The standard InChI is InChI=1S/C21H27N3O3.ClH/c1-13(2)18(24-19(25)16-5-3-4-6-17(16)20(24)26)21(27)23-9-7-14-11-22-12-15(14)8-10-23;/h3-6,13-15,18,22H,7-12H2,1-2H3;1H/t14-,15+,18?;. The van der Waals surface area contributed by atoms with Gasteiger partial charge in [-0.25, -0.2) is 0 Å². The molecular weight excluding hydrogens is 378 g/mol. The van der Waals surface area contributed by atoms with Gasteiger partial charge in [-0.3, -0.25) is 19.3 Å². The number of imide groups is 1. The number of amides is 3. The van der Waals surface area contributed by atoms with Crippen LogP contribution in [0.5, 0.6) is 0 Å². The summed E-state index contributed by atoms with van der Waals surface area (Å²) in [4.78, 5) is 42.3. The van der Waals surface area contributed by atoms with Gasteiger partial charge in [-0.15, -0.1) is 12.4 Å². The maximum Gasteiger partial charge on any atom is 0.262 e. The molecule has 7 heteroatoms. The van der Waals surface area contributed by atoms with Gasteiger partial charge in [0.1, 0.15) is 6.04 Å². The lowest BCUT2D eigenvalue weighted by Gasteiger charge is -2.33. The zero-order valence-corrected chi connectivity index (χ0v) is 17.2. The first kappa shape index (κ1) is 20.8. The van der Waals surface area contributed by atoms with Gasteiger partial charge in [0.05, 0.1) is 11.1 Å². The monoisotopic (exact) mass is 405 g/mol. The normalized spacial score (nSPS) is 25.2. The molecular formula is C21H28ClN3O3. The topological polar surface area (TPSA) is 69.7 Å². The van der Waals surface area contributed by atoms with Crippen LogP contribution in [0.15, 0.2) is 24.3 Å². The smallest absolute Gasteiger partial charge is 0.262 e. The maximum absolute atomic E-state index is 13.4. The Balaban J connectivity index is 0.00000225. The van der Waals surface area contributed by atoms with E-state index in [1.807, 2.05) is 18.7 Å². The second kappa shape index (κ2) is 8.21. The zero-order valence-electron chi connectivity index (χ0n) is 16.4. The van der Waals surface area contributed by atoms with Gasteiger partial charge >= 0.3 is 0 Å². The predicted molar refractivity (Wildman–Crippen MR) is 108 cm³/mol. The number of benzene rings is 1. The molecule has 1 aromatic rings. The molecule has 28 heavy (non-hydrogen) atoms. The Hall–Kier alpha value is -1.92. The van der Waals surface area contributed by atoms with Gasteiger partial charge in [-0.05, 0) is 55.8 Å². The number of nitrogens with zero attached hydrogens (tertiary/aromatic N) is 2. The van der Waals surface area contributed by atoms with Gasteiger partial charge in [-0.1, -0.05) is 26.0 Å². The summed E-state index contributed by atoms with van der Waals surface area (Å²) >= 11 is 0. The van der Waals surface area contributed by atoms with Crippen molar-refractivity contribution in [2.75, 3.05) is 26.2 Å². The summed E-state index contributed by atoms with van der Waals surface area (Å²) in [7, 11) is 0. The lowest BCUT2D eigenvalue weighted by atomic mass is 9.92. The molecule has 2 fully saturated rings. The Morgan fingerprint density at radius 3 is 1.96 bits per heavy atom. The molecule has 3 aliphatic rings. The minimum atomic E-state index is -0.742. The summed E-state index contributed by atoms with van der Waals surface area (Å²) in [6, 6.07) is 6.09. The predicted octanol–water partition coefficient (Wildman–Crippen LogP) is 2.19. The third-order valence-corrected chi connectivity index (χ3v) is 6.32. The van der Waals surface area contributed by atoms with Crippen molar-refractivity contribution >= 4 is 30.1 Å². The fraction of sp³-hybridized carbons (Fsp3) is 0.571. The lowest BCUT2D eigenvalue weighted by molar-refractivity contribution is -0.136. The van der Waals surface area contributed by atoms with Crippen LogP contribution in [0.3, 0.4) is 0 Å². The van der Waals surface area contributed by atoms with Gasteiger partial charge in [0.25, 0.3) is 11.8 Å². The SMILES string of the molecule is CC(C)C(C(=O)N1CC[C@@H]2CNC[C@@H]2CC1)N1C(=O)c2ccccc2C1=O.Cl. The number of hydrogen-bond donors (Lipinski definition) is 1. The molecule has 0 saturated carbocycles. The highest BCUT2D eigenvalue weighted by Crippen LogP contribution is 2.31. The van der Waals surface area contributed by atoms with Crippen LogP contribution in [-0.4, -0.2) is 59.7 Å². The molecule has 1 N–H and O–H groups in total. The summed E-state index contributed by atoms with van der Waals surface area (Å²) in [5, 5.41) is 3.44. The molecule has 0 radical (unpaired) electrons. The molecule has 3 amide bonds. The number of carbonyl (C=O) groups is 3. The minimum absolute atomic E-state index is 0. The Morgan fingerprint density at radius 1 is 1.00 bits per heavy atom. The quantitative estimate of drug-likeness (QED) is 0.782. The van der Waals surface area contributed by atoms with Crippen molar-refractivity contribution in [2.24, 2.45) is 17.8 Å². The van der Waals surface area contributed by atoms with E-state index in [1.165, 1.54) is 4.90 Å². The molecule has 0 spiro atoms. The van der Waals surface area contributed by atoms with Crippen molar-refractivity contribution in [1.82, 2.24) is 15.1 Å². The van der Waals surface area contributed by atoms with Crippen LogP contribution in [0.4, 0.5) is 0 Å². The summed E-state index contributed by atoms with van der Waals surface area (Å²) in [6.07, 6.45) is 1.96. The van der Waals surface area contributed by atoms with Crippen LogP contribution in [0.25, 0.3) is 0 Å². The van der Waals surface area contributed by atoms with Crippen molar-refractivity contribution in [3.63, 3.8) is 0 Å². The zero-order chi connectivity index (χ0) is 19.1. The second-order valence-corrected chi connectivity index (χ2v) is 8.30. The number of rotatable bonds is 3. The summed E-state index contributed by atoms with van der Waals surface area (Å²) in [5.74, 6) is 0.327. The molecule has 1 unspecified atom stereocenters. The van der Waals surface area contributed by atoms with E-state index in [-0.39, 0.29) is 36.0 Å². The summed E-state index contributed by atoms with van der Waals surface area (Å²) in [6.45, 7) is 7.27. The van der Waals surface area contributed by atoms with Gasteiger partial charge in [0.2, 0.25) is 5.91 Å². The summed E-state index contributed by atoms with van der Waals surface area (Å²) in [5.41, 5.74) is 0.801. The van der Waals surface area contributed by atoms with Crippen LogP contribution >= 0.6 is 12.4 Å². The molecule has 6 nitrogen and oxygen atoms in total. The van der Waals surface area contributed by atoms with Gasteiger partial charge in [0.15, 0.2) is 0 Å². The van der Waals surface area contributed by atoms with Crippen LogP contribution in [-0.2, 0) is 4.79 Å². The molecule has 152 valence electrons. The Bertz CT molecular complexity index is 733. The van der Waals surface area contributed by atoms with E-state index in [1.54, 1.807) is 24.3 Å². The van der Waals surface area contributed by atoms with Crippen LogP contribution in [0.2, 0.25) is 0 Å². The first-order valence-corrected chi connectivity index (χ1v) is 9.95. The maximum atomic E-state index is 13.4. The fourth-order valence-electron chi connectivity index (χ4n) is 4.78. The van der Waals surface area contributed by atoms with Crippen molar-refractivity contribution in [3.8, 4) is 0 Å². The largest absolute Gasteiger partial charge is 0.341 e. The van der Waals surface area contributed by atoms with Crippen molar-refractivity contribution in [1.29, 1.82) is 0 Å². The van der Waals surface area contributed by atoms with E-state index >= 15 is 0 Å². The van der Waals surface area contributed by atoms with Gasteiger partial charge in [0, 0.05) is 13.1 Å². The Morgan fingerprint density at radius 2 is 1.50 bits per heavy atom. The molecule has 3 heterocycles. The Kier molecular flexibility index (Phi) is 6.10. The first-order chi connectivity index (χ1) is 13.0. The number of fused-ring (bicyclic) bond motifs is 2. The van der Waals surface area contributed by atoms with Gasteiger partial charge in [-0.2, -0.15) is 0 Å². The number of halogens is 1. The molecule has 1 aromatic carbocycles. The lowest BCUT2D eigenvalue weighted by Crippen LogP contribution is -2.53. The van der Waals surface area contributed by atoms with E-state index in [0.717, 1.165) is 25.9 Å².